The normalized spacial score (nSPS) is 13.2. The molecular weight excluding hydrogens is 282 g/mol. The van der Waals surface area contributed by atoms with Crippen molar-refractivity contribution in [1.29, 1.82) is 0 Å². The lowest BCUT2D eigenvalue weighted by Gasteiger charge is -2.15. The van der Waals surface area contributed by atoms with E-state index in [1.807, 2.05) is 6.92 Å². The number of nitrogens with one attached hydrogen (secondary N) is 1. The van der Waals surface area contributed by atoms with Gasteiger partial charge in [0.05, 0.1) is 9.82 Å². The Hall–Kier alpha value is -1.67. The molecule has 0 spiro atoms. The number of hydrogen-bond acceptors (Lipinski definition) is 5. The summed E-state index contributed by atoms with van der Waals surface area (Å²) in [6.45, 7) is 5.26. The Bertz CT molecular complexity index is 613. The monoisotopic (exact) mass is 301 g/mol. The van der Waals surface area contributed by atoms with E-state index in [4.69, 9.17) is 5.73 Å². The van der Waals surface area contributed by atoms with Gasteiger partial charge in [-0.3, -0.25) is 10.1 Å². The van der Waals surface area contributed by atoms with Gasteiger partial charge in [0, 0.05) is 12.1 Å². The van der Waals surface area contributed by atoms with Gasteiger partial charge in [-0.1, -0.05) is 13.3 Å². The number of rotatable bonds is 6. The number of nitro benzene ring substituents is 1. The molecule has 112 valence electrons. The zero-order valence-electron chi connectivity index (χ0n) is 11.7. The number of nitrogens with zero attached hydrogens (tertiary/aromatic N) is 1. The first-order valence-electron chi connectivity index (χ1n) is 6.26. The second-order valence-electron chi connectivity index (χ2n) is 4.74. The fourth-order valence-corrected chi connectivity index (χ4v) is 3.49. The lowest BCUT2D eigenvalue weighted by molar-refractivity contribution is -0.384. The molecule has 0 heterocycles. The average molecular weight is 301 g/mol. The van der Waals surface area contributed by atoms with Crippen LogP contribution in [0.2, 0.25) is 0 Å². The Balaban J connectivity index is 3.24. The van der Waals surface area contributed by atoms with E-state index in [2.05, 4.69) is 4.72 Å². The zero-order valence-corrected chi connectivity index (χ0v) is 12.5. The van der Waals surface area contributed by atoms with E-state index in [0.717, 1.165) is 12.5 Å². The summed E-state index contributed by atoms with van der Waals surface area (Å²) in [6.07, 6.45) is 1.53. The van der Waals surface area contributed by atoms with Gasteiger partial charge in [-0.05, 0) is 31.9 Å². The van der Waals surface area contributed by atoms with Crippen LogP contribution in [0.15, 0.2) is 17.0 Å². The maximum absolute atomic E-state index is 12.2. The molecule has 3 N–H and O–H groups in total. The first-order chi connectivity index (χ1) is 9.19. The van der Waals surface area contributed by atoms with Crippen molar-refractivity contribution in [2.75, 3.05) is 5.73 Å². The van der Waals surface area contributed by atoms with Crippen LogP contribution >= 0.6 is 0 Å². The number of aryl methyl sites for hydroxylation is 1. The van der Waals surface area contributed by atoms with Crippen LogP contribution < -0.4 is 10.5 Å². The molecule has 0 saturated heterocycles. The van der Waals surface area contributed by atoms with Crippen molar-refractivity contribution in [3.05, 3.63) is 27.8 Å². The van der Waals surface area contributed by atoms with Crippen molar-refractivity contribution >= 4 is 21.4 Å². The molecule has 0 radical (unpaired) electrons. The van der Waals surface area contributed by atoms with Gasteiger partial charge in [-0.15, -0.1) is 0 Å². The Kier molecular flexibility index (Phi) is 5.07. The minimum atomic E-state index is -3.80. The van der Waals surface area contributed by atoms with E-state index >= 15 is 0 Å². The van der Waals surface area contributed by atoms with Crippen LogP contribution in [0, 0.1) is 17.0 Å². The lowest BCUT2D eigenvalue weighted by Crippen LogP contribution is -2.32. The number of nitrogen functional groups attached to an aromatic ring is 1. The summed E-state index contributed by atoms with van der Waals surface area (Å²) in [5, 5.41) is 10.8. The lowest BCUT2D eigenvalue weighted by atomic mass is 10.2. The molecule has 0 aliphatic rings. The van der Waals surface area contributed by atoms with E-state index in [-0.39, 0.29) is 16.6 Å². The van der Waals surface area contributed by atoms with Crippen molar-refractivity contribution in [3.8, 4) is 0 Å². The standard InChI is InChI=1S/C12H19N3O4S/c1-4-5-9(3)14-20(18,19)12-7-11(15(16)17)10(13)6-8(12)2/h6-7,9,14H,4-5,13H2,1-3H3. The summed E-state index contributed by atoms with van der Waals surface area (Å²) in [6, 6.07) is 2.07. The SMILES string of the molecule is CCCC(C)NS(=O)(=O)c1cc([N+](=O)[O-])c(N)cc1C. The number of nitro groups is 1. The fraction of sp³-hybridized carbons (Fsp3) is 0.500. The van der Waals surface area contributed by atoms with E-state index in [0.29, 0.717) is 12.0 Å². The zero-order chi connectivity index (χ0) is 15.5. The van der Waals surface area contributed by atoms with Gasteiger partial charge in [0.25, 0.3) is 5.69 Å². The van der Waals surface area contributed by atoms with Gasteiger partial charge in [-0.2, -0.15) is 0 Å². The van der Waals surface area contributed by atoms with Crippen molar-refractivity contribution in [3.63, 3.8) is 0 Å². The smallest absolute Gasteiger partial charge is 0.293 e. The van der Waals surface area contributed by atoms with Crippen LogP contribution in [-0.4, -0.2) is 19.4 Å². The van der Waals surface area contributed by atoms with Crippen LogP contribution in [0.25, 0.3) is 0 Å². The van der Waals surface area contributed by atoms with Crippen LogP contribution in [0.3, 0.4) is 0 Å². The quantitative estimate of drug-likeness (QED) is 0.473. The molecule has 1 atom stereocenters. The Morgan fingerprint density at radius 2 is 2.05 bits per heavy atom. The maximum atomic E-state index is 12.2. The molecule has 0 aliphatic carbocycles. The number of anilines is 1. The van der Waals surface area contributed by atoms with Gasteiger partial charge in [0.2, 0.25) is 10.0 Å². The molecule has 7 nitrogen and oxygen atoms in total. The fourth-order valence-electron chi connectivity index (χ4n) is 1.97. The minimum Gasteiger partial charge on any atom is -0.393 e. The highest BCUT2D eigenvalue weighted by Crippen LogP contribution is 2.28. The number of sulfonamides is 1. The van der Waals surface area contributed by atoms with Crippen LogP contribution in [0.4, 0.5) is 11.4 Å². The largest absolute Gasteiger partial charge is 0.393 e. The maximum Gasteiger partial charge on any atom is 0.293 e. The average Bonchev–Trinajstić information content (AvgIpc) is 2.27. The molecule has 1 aromatic rings. The second-order valence-corrected chi connectivity index (χ2v) is 6.43. The number of nitrogens with two attached hydrogens (primary N) is 1. The highest BCUT2D eigenvalue weighted by molar-refractivity contribution is 7.89. The summed E-state index contributed by atoms with van der Waals surface area (Å²) in [5.74, 6) is 0. The molecule has 0 aliphatic heterocycles. The third-order valence-corrected chi connectivity index (χ3v) is 4.62. The highest BCUT2D eigenvalue weighted by atomic mass is 32.2. The van der Waals surface area contributed by atoms with Gasteiger partial charge in [0.15, 0.2) is 0 Å². The van der Waals surface area contributed by atoms with Crippen molar-refractivity contribution < 1.29 is 13.3 Å². The Morgan fingerprint density at radius 3 is 2.55 bits per heavy atom. The van der Waals surface area contributed by atoms with E-state index in [9.17, 15) is 18.5 Å². The number of benzene rings is 1. The topological polar surface area (TPSA) is 115 Å². The Morgan fingerprint density at radius 1 is 1.45 bits per heavy atom. The molecule has 8 heteroatoms. The van der Waals surface area contributed by atoms with Crippen LogP contribution in [0.1, 0.15) is 32.3 Å². The first-order valence-corrected chi connectivity index (χ1v) is 7.74. The second kappa shape index (κ2) is 6.19. The van der Waals surface area contributed by atoms with Crippen LogP contribution in [-0.2, 0) is 10.0 Å². The highest BCUT2D eigenvalue weighted by Gasteiger charge is 2.24. The summed E-state index contributed by atoms with van der Waals surface area (Å²) in [5.41, 5.74) is 5.45. The molecule has 1 unspecified atom stereocenters. The predicted molar refractivity (Wildman–Crippen MR) is 76.9 cm³/mol. The van der Waals surface area contributed by atoms with Gasteiger partial charge >= 0.3 is 0 Å². The molecule has 1 rings (SSSR count). The van der Waals surface area contributed by atoms with Crippen molar-refractivity contribution in [1.82, 2.24) is 4.72 Å². The van der Waals surface area contributed by atoms with Gasteiger partial charge < -0.3 is 5.73 Å². The molecular formula is C12H19N3O4S. The molecule has 20 heavy (non-hydrogen) atoms. The Labute approximate surface area is 118 Å². The van der Waals surface area contributed by atoms with Crippen LogP contribution in [0.5, 0.6) is 0 Å². The molecule has 0 aromatic heterocycles. The summed E-state index contributed by atoms with van der Waals surface area (Å²) < 4.78 is 27.0. The first kappa shape index (κ1) is 16.4. The third-order valence-electron chi connectivity index (χ3n) is 2.89. The molecule has 0 saturated carbocycles. The molecule has 0 fully saturated rings. The van der Waals surface area contributed by atoms with Crippen molar-refractivity contribution in [2.45, 2.75) is 44.6 Å². The minimum absolute atomic E-state index is 0.0481. The van der Waals surface area contributed by atoms with Gasteiger partial charge in [0.1, 0.15) is 5.69 Å². The summed E-state index contributed by atoms with van der Waals surface area (Å²) in [7, 11) is -3.80. The number of hydrogen-bond donors (Lipinski definition) is 2. The molecule has 0 bridgehead atoms. The van der Waals surface area contributed by atoms with E-state index in [1.54, 1.807) is 13.8 Å². The predicted octanol–water partition coefficient (Wildman–Crippen LogP) is 1.95. The van der Waals surface area contributed by atoms with E-state index in [1.165, 1.54) is 6.07 Å². The van der Waals surface area contributed by atoms with Gasteiger partial charge in [-0.25, -0.2) is 13.1 Å². The summed E-state index contributed by atoms with van der Waals surface area (Å²) in [4.78, 5) is 10.0. The van der Waals surface area contributed by atoms with Crippen molar-refractivity contribution in [2.24, 2.45) is 0 Å². The third kappa shape index (κ3) is 3.67. The molecule has 1 aromatic carbocycles. The molecule has 0 amide bonds. The van der Waals surface area contributed by atoms with E-state index < -0.39 is 20.6 Å². The summed E-state index contributed by atoms with van der Waals surface area (Å²) >= 11 is 0.